The van der Waals surface area contributed by atoms with Gasteiger partial charge in [-0.15, -0.1) is 0 Å². The third-order valence-corrected chi connectivity index (χ3v) is 5.66. The highest BCUT2D eigenvalue weighted by molar-refractivity contribution is 5.97. The number of hydrogen-bond donors (Lipinski definition) is 2. The molecule has 1 atom stereocenters. The SMILES string of the molecule is CCOC(=O)[C@@H](C)NC(=O)N1CCN(Cc2nc3cc(C(=O)NC(C)C)ccc3n2C)CC1. The van der Waals surface area contributed by atoms with Crippen molar-refractivity contribution in [2.45, 2.75) is 46.3 Å². The number of nitrogens with zero attached hydrogens (tertiary/aromatic N) is 4. The summed E-state index contributed by atoms with van der Waals surface area (Å²) in [5, 5.41) is 5.60. The number of rotatable bonds is 7. The van der Waals surface area contributed by atoms with Crippen LogP contribution in [0.1, 0.15) is 43.9 Å². The number of aromatic nitrogens is 2. The Kier molecular flexibility index (Phi) is 7.91. The van der Waals surface area contributed by atoms with Crippen LogP contribution in [0.2, 0.25) is 0 Å². The van der Waals surface area contributed by atoms with Crippen molar-refractivity contribution in [2.24, 2.45) is 7.05 Å². The number of esters is 1. The van der Waals surface area contributed by atoms with Gasteiger partial charge >= 0.3 is 12.0 Å². The molecule has 2 N–H and O–H groups in total. The van der Waals surface area contributed by atoms with E-state index in [1.807, 2.05) is 43.7 Å². The number of imidazole rings is 1. The van der Waals surface area contributed by atoms with Crippen LogP contribution in [0.4, 0.5) is 4.79 Å². The number of nitrogens with one attached hydrogen (secondary N) is 2. The van der Waals surface area contributed by atoms with E-state index in [0.717, 1.165) is 16.9 Å². The van der Waals surface area contributed by atoms with E-state index >= 15 is 0 Å². The van der Waals surface area contributed by atoms with Crippen LogP contribution >= 0.6 is 0 Å². The molecule has 10 nitrogen and oxygen atoms in total. The van der Waals surface area contributed by atoms with Crippen LogP contribution in [0.3, 0.4) is 0 Å². The van der Waals surface area contributed by atoms with Gasteiger partial charge in [-0.1, -0.05) is 0 Å². The molecule has 0 spiro atoms. The largest absolute Gasteiger partial charge is 0.464 e. The smallest absolute Gasteiger partial charge is 0.328 e. The van der Waals surface area contributed by atoms with Gasteiger partial charge in [0.1, 0.15) is 11.9 Å². The molecule has 3 rings (SSSR count). The van der Waals surface area contributed by atoms with Crippen LogP contribution in [0.25, 0.3) is 11.0 Å². The summed E-state index contributed by atoms with van der Waals surface area (Å²) in [6, 6.07) is 4.70. The molecule has 2 aromatic rings. The Hall–Kier alpha value is -3.14. The van der Waals surface area contributed by atoms with Crippen LogP contribution < -0.4 is 10.6 Å². The van der Waals surface area contributed by atoms with Crippen molar-refractivity contribution in [3.8, 4) is 0 Å². The Morgan fingerprint density at radius 2 is 1.79 bits per heavy atom. The predicted octanol–water partition coefficient (Wildman–Crippen LogP) is 1.49. The number of hydrogen-bond acceptors (Lipinski definition) is 6. The van der Waals surface area contributed by atoms with Crippen molar-refractivity contribution >= 4 is 28.9 Å². The van der Waals surface area contributed by atoms with Crippen LogP contribution in [-0.4, -0.2) is 82.1 Å². The van der Waals surface area contributed by atoms with Gasteiger partial charge in [-0.2, -0.15) is 0 Å². The van der Waals surface area contributed by atoms with Crippen molar-refractivity contribution in [1.29, 1.82) is 0 Å². The Balaban J connectivity index is 1.58. The zero-order valence-electron chi connectivity index (χ0n) is 20.1. The fourth-order valence-electron chi connectivity index (χ4n) is 3.79. The van der Waals surface area contributed by atoms with Crippen molar-refractivity contribution in [1.82, 2.24) is 30.0 Å². The highest BCUT2D eigenvalue weighted by Crippen LogP contribution is 2.19. The Labute approximate surface area is 194 Å². The molecule has 1 saturated heterocycles. The fraction of sp³-hybridized carbons (Fsp3) is 0.565. The summed E-state index contributed by atoms with van der Waals surface area (Å²) < 4.78 is 6.98. The minimum atomic E-state index is -0.678. The molecule has 0 unspecified atom stereocenters. The van der Waals surface area contributed by atoms with Crippen molar-refractivity contribution in [2.75, 3.05) is 32.8 Å². The third-order valence-electron chi connectivity index (χ3n) is 5.66. The average molecular weight is 459 g/mol. The zero-order chi connectivity index (χ0) is 24.1. The molecule has 3 amide bonds. The minimum Gasteiger partial charge on any atom is -0.464 e. The molecule has 1 aromatic carbocycles. The van der Waals surface area contributed by atoms with E-state index in [1.165, 1.54) is 0 Å². The number of carbonyl (C=O) groups excluding carboxylic acids is 3. The first-order valence-corrected chi connectivity index (χ1v) is 11.4. The Morgan fingerprint density at radius 3 is 2.42 bits per heavy atom. The number of carbonyl (C=O) groups is 3. The molecule has 1 aliphatic heterocycles. The highest BCUT2D eigenvalue weighted by atomic mass is 16.5. The van der Waals surface area contributed by atoms with Crippen LogP contribution in [0.5, 0.6) is 0 Å². The van der Waals surface area contributed by atoms with Gasteiger partial charge in [0, 0.05) is 44.8 Å². The molecule has 0 aliphatic carbocycles. The maximum absolute atomic E-state index is 12.4. The summed E-state index contributed by atoms with van der Waals surface area (Å²) in [5.74, 6) is 0.363. The van der Waals surface area contributed by atoms with Crippen LogP contribution in [-0.2, 0) is 23.1 Å². The molecular weight excluding hydrogens is 424 g/mol. The Bertz CT molecular complexity index is 1010. The number of amides is 3. The fourth-order valence-corrected chi connectivity index (χ4v) is 3.79. The first-order valence-electron chi connectivity index (χ1n) is 11.4. The lowest BCUT2D eigenvalue weighted by atomic mass is 10.2. The summed E-state index contributed by atoms with van der Waals surface area (Å²) >= 11 is 0. The van der Waals surface area contributed by atoms with E-state index in [9.17, 15) is 14.4 Å². The van der Waals surface area contributed by atoms with Crippen LogP contribution in [0.15, 0.2) is 18.2 Å². The molecule has 0 bridgehead atoms. The predicted molar refractivity (Wildman–Crippen MR) is 125 cm³/mol. The lowest BCUT2D eigenvalue weighted by Gasteiger charge is -2.34. The third kappa shape index (κ3) is 6.01. The van der Waals surface area contributed by atoms with Gasteiger partial charge in [0.25, 0.3) is 5.91 Å². The number of aryl methyl sites for hydroxylation is 1. The summed E-state index contributed by atoms with van der Waals surface area (Å²) in [7, 11) is 1.97. The van der Waals surface area contributed by atoms with E-state index in [0.29, 0.717) is 38.3 Å². The van der Waals surface area contributed by atoms with Crippen molar-refractivity contribution in [3.63, 3.8) is 0 Å². The normalized spacial score (nSPS) is 15.5. The van der Waals surface area contributed by atoms with E-state index in [-0.39, 0.29) is 24.6 Å². The molecular formula is C23H34N6O4. The van der Waals surface area contributed by atoms with E-state index < -0.39 is 12.0 Å². The van der Waals surface area contributed by atoms with Crippen molar-refractivity contribution < 1.29 is 19.1 Å². The number of ether oxygens (including phenoxy) is 1. The molecule has 1 fully saturated rings. The molecule has 0 radical (unpaired) electrons. The average Bonchev–Trinajstić information content (AvgIpc) is 3.08. The Morgan fingerprint density at radius 1 is 1.09 bits per heavy atom. The molecule has 180 valence electrons. The second kappa shape index (κ2) is 10.7. The maximum atomic E-state index is 12.4. The second-order valence-electron chi connectivity index (χ2n) is 8.61. The van der Waals surface area contributed by atoms with E-state index in [2.05, 4.69) is 15.5 Å². The van der Waals surface area contributed by atoms with Gasteiger partial charge in [0.05, 0.1) is 24.2 Å². The first kappa shape index (κ1) is 24.5. The molecule has 10 heteroatoms. The quantitative estimate of drug-likeness (QED) is 0.609. The van der Waals surface area contributed by atoms with Gasteiger partial charge in [-0.05, 0) is 45.9 Å². The summed E-state index contributed by atoms with van der Waals surface area (Å²) in [6.07, 6.45) is 0. The topological polar surface area (TPSA) is 109 Å². The van der Waals surface area contributed by atoms with Gasteiger partial charge in [0.15, 0.2) is 0 Å². The maximum Gasteiger partial charge on any atom is 0.328 e. The molecule has 33 heavy (non-hydrogen) atoms. The molecule has 2 heterocycles. The number of piperazine rings is 1. The van der Waals surface area contributed by atoms with Gasteiger partial charge in [-0.25, -0.2) is 14.6 Å². The number of benzene rings is 1. The highest BCUT2D eigenvalue weighted by Gasteiger charge is 2.25. The van der Waals surface area contributed by atoms with E-state index in [1.54, 1.807) is 18.7 Å². The molecule has 1 aliphatic rings. The lowest BCUT2D eigenvalue weighted by Crippen LogP contribution is -2.54. The van der Waals surface area contributed by atoms with E-state index in [4.69, 9.17) is 9.72 Å². The molecule has 0 saturated carbocycles. The first-order chi connectivity index (χ1) is 15.7. The number of urea groups is 1. The summed E-state index contributed by atoms with van der Waals surface area (Å²) in [4.78, 5) is 45.2. The van der Waals surface area contributed by atoms with Crippen LogP contribution in [0, 0.1) is 0 Å². The van der Waals surface area contributed by atoms with Gasteiger partial charge in [-0.3, -0.25) is 9.69 Å². The zero-order valence-corrected chi connectivity index (χ0v) is 20.1. The minimum absolute atomic E-state index is 0.0709. The van der Waals surface area contributed by atoms with Gasteiger partial charge < -0.3 is 24.8 Å². The van der Waals surface area contributed by atoms with Crippen molar-refractivity contribution in [3.05, 3.63) is 29.6 Å². The van der Waals surface area contributed by atoms with Gasteiger partial charge in [0.2, 0.25) is 0 Å². The monoisotopic (exact) mass is 458 g/mol. The number of fused-ring (bicyclic) bond motifs is 1. The lowest BCUT2D eigenvalue weighted by molar-refractivity contribution is -0.144. The summed E-state index contributed by atoms with van der Waals surface area (Å²) in [5.41, 5.74) is 2.35. The molecule has 1 aromatic heterocycles. The summed E-state index contributed by atoms with van der Waals surface area (Å²) in [6.45, 7) is 10.7. The second-order valence-corrected chi connectivity index (χ2v) is 8.61. The standard InChI is InChI=1S/C23H34N6O4/c1-6-33-22(31)16(4)25-23(32)29-11-9-28(10-12-29)14-20-26-18-13-17(21(30)24-15(2)3)7-8-19(18)27(20)5/h7-8,13,15-16H,6,9-12,14H2,1-5H3,(H,24,30)(H,25,32)/t16-/m1/s1.